The molecule has 2 aromatic rings. The van der Waals surface area contributed by atoms with Crippen molar-refractivity contribution in [3.05, 3.63) is 46.5 Å². The van der Waals surface area contributed by atoms with E-state index in [-0.39, 0.29) is 5.91 Å². The third-order valence-electron chi connectivity index (χ3n) is 2.87. The van der Waals surface area contributed by atoms with Crippen molar-refractivity contribution in [1.82, 2.24) is 14.9 Å². The maximum Gasteiger partial charge on any atom is 0.238 e. The molecule has 1 aromatic heterocycles. The molecule has 1 aromatic carbocycles. The van der Waals surface area contributed by atoms with Crippen LogP contribution in [0.5, 0.6) is 0 Å². The van der Waals surface area contributed by atoms with Gasteiger partial charge < -0.3 is 10.3 Å². The molecule has 0 saturated heterocycles. The smallest absolute Gasteiger partial charge is 0.238 e. The van der Waals surface area contributed by atoms with Crippen molar-refractivity contribution in [1.29, 1.82) is 0 Å². The summed E-state index contributed by atoms with van der Waals surface area (Å²) in [5, 5.41) is 2.92. The Labute approximate surface area is 126 Å². The van der Waals surface area contributed by atoms with E-state index in [9.17, 15) is 4.79 Å². The van der Waals surface area contributed by atoms with E-state index in [0.717, 1.165) is 21.4 Å². The Morgan fingerprint density at radius 2 is 2.30 bits per heavy atom. The molecule has 0 spiro atoms. The number of aryl methyl sites for hydroxylation is 1. The van der Waals surface area contributed by atoms with E-state index in [2.05, 4.69) is 31.2 Å². The highest BCUT2D eigenvalue weighted by atomic mass is 79.9. The van der Waals surface area contributed by atoms with Crippen LogP contribution in [0.1, 0.15) is 11.3 Å². The quantitative estimate of drug-likeness (QED) is 0.882. The monoisotopic (exact) mass is 336 g/mol. The summed E-state index contributed by atoms with van der Waals surface area (Å²) in [6, 6.07) is 5.78. The Kier molecular flexibility index (Phi) is 4.92. The summed E-state index contributed by atoms with van der Waals surface area (Å²) in [4.78, 5) is 20.9. The van der Waals surface area contributed by atoms with Crippen LogP contribution in [0.3, 0.4) is 0 Å². The molecular weight excluding hydrogens is 320 g/mol. The van der Waals surface area contributed by atoms with Gasteiger partial charge in [0.2, 0.25) is 5.91 Å². The van der Waals surface area contributed by atoms with Crippen LogP contribution in [-0.2, 0) is 11.3 Å². The van der Waals surface area contributed by atoms with Gasteiger partial charge in [-0.05, 0) is 37.7 Å². The summed E-state index contributed by atoms with van der Waals surface area (Å²) in [6.07, 6.45) is 3.39. The number of halogens is 1. The number of H-pyrrole nitrogens is 1. The van der Waals surface area contributed by atoms with Gasteiger partial charge in [0.15, 0.2) is 0 Å². The minimum absolute atomic E-state index is 0.0302. The van der Waals surface area contributed by atoms with Crippen molar-refractivity contribution < 1.29 is 4.79 Å². The van der Waals surface area contributed by atoms with E-state index in [4.69, 9.17) is 0 Å². The molecule has 0 aliphatic heterocycles. The number of hydrogen-bond acceptors (Lipinski definition) is 3. The van der Waals surface area contributed by atoms with Crippen molar-refractivity contribution in [2.24, 2.45) is 0 Å². The van der Waals surface area contributed by atoms with E-state index in [1.54, 1.807) is 12.5 Å². The highest BCUT2D eigenvalue weighted by molar-refractivity contribution is 9.10. The van der Waals surface area contributed by atoms with Gasteiger partial charge >= 0.3 is 0 Å². The van der Waals surface area contributed by atoms with Crippen LogP contribution in [0.2, 0.25) is 0 Å². The highest BCUT2D eigenvalue weighted by Crippen LogP contribution is 2.19. The molecule has 0 aliphatic carbocycles. The fourth-order valence-corrected chi connectivity index (χ4v) is 2.40. The number of rotatable bonds is 5. The molecule has 0 atom stereocenters. The van der Waals surface area contributed by atoms with Gasteiger partial charge in [0, 0.05) is 28.6 Å². The number of aromatic amines is 1. The lowest BCUT2D eigenvalue weighted by Crippen LogP contribution is -2.30. The SMILES string of the molecule is Cc1cc(Br)ccc1NC(=O)CN(C)Cc1cnc[nH]1. The van der Waals surface area contributed by atoms with Gasteiger partial charge in [0.05, 0.1) is 12.9 Å². The summed E-state index contributed by atoms with van der Waals surface area (Å²) >= 11 is 3.41. The largest absolute Gasteiger partial charge is 0.347 e. The van der Waals surface area contributed by atoms with E-state index in [0.29, 0.717) is 13.1 Å². The normalized spacial score (nSPS) is 10.8. The molecule has 1 heterocycles. The third kappa shape index (κ3) is 4.18. The van der Waals surface area contributed by atoms with Crippen LogP contribution in [0.25, 0.3) is 0 Å². The van der Waals surface area contributed by atoms with E-state index in [1.165, 1.54) is 0 Å². The first-order chi connectivity index (χ1) is 9.54. The molecule has 0 bridgehead atoms. The number of likely N-dealkylation sites (N-methyl/N-ethyl adjacent to an activating group) is 1. The lowest BCUT2D eigenvalue weighted by molar-refractivity contribution is -0.117. The first-order valence-corrected chi connectivity index (χ1v) is 7.05. The topological polar surface area (TPSA) is 61.0 Å². The Morgan fingerprint density at radius 1 is 1.50 bits per heavy atom. The maximum atomic E-state index is 12.0. The lowest BCUT2D eigenvalue weighted by atomic mass is 10.2. The van der Waals surface area contributed by atoms with Gasteiger partial charge in [0.25, 0.3) is 0 Å². The molecule has 106 valence electrons. The van der Waals surface area contributed by atoms with E-state index < -0.39 is 0 Å². The zero-order valence-corrected chi connectivity index (χ0v) is 13.1. The maximum absolute atomic E-state index is 12.0. The molecule has 1 amide bonds. The lowest BCUT2D eigenvalue weighted by Gasteiger charge is -2.16. The number of nitrogens with one attached hydrogen (secondary N) is 2. The molecule has 0 saturated carbocycles. The first-order valence-electron chi connectivity index (χ1n) is 6.26. The summed E-state index contributed by atoms with van der Waals surface area (Å²) < 4.78 is 1.00. The highest BCUT2D eigenvalue weighted by Gasteiger charge is 2.09. The number of benzene rings is 1. The fourth-order valence-electron chi connectivity index (χ4n) is 1.92. The van der Waals surface area contributed by atoms with Gasteiger partial charge in [0.1, 0.15) is 0 Å². The number of anilines is 1. The third-order valence-corrected chi connectivity index (χ3v) is 3.36. The van der Waals surface area contributed by atoms with Gasteiger partial charge in [-0.2, -0.15) is 0 Å². The molecule has 2 rings (SSSR count). The minimum Gasteiger partial charge on any atom is -0.347 e. The van der Waals surface area contributed by atoms with Gasteiger partial charge in [-0.15, -0.1) is 0 Å². The molecule has 20 heavy (non-hydrogen) atoms. The van der Waals surface area contributed by atoms with Crippen LogP contribution < -0.4 is 5.32 Å². The molecule has 0 unspecified atom stereocenters. The zero-order chi connectivity index (χ0) is 14.5. The standard InChI is InChI=1S/C14H17BrN4O/c1-10-5-11(15)3-4-13(10)18-14(20)8-19(2)7-12-6-16-9-17-12/h3-6,9H,7-8H2,1-2H3,(H,16,17)(H,18,20). The summed E-state index contributed by atoms with van der Waals surface area (Å²) in [5.41, 5.74) is 2.86. The fraction of sp³-hybridized carbons (Fsp3) is 0.286. The van der Waals surface area contributed by atoms with Crippen LogP contribution in [0.4, 0.5) is 5.69 Å². The van der Waals surface area contributed by atoms with E-state index >= 15 is 0 Å². The molecular formula is C14H17BrN4O. The van der Waals surface area contributed by atoms with Crippen LogP contribution in [-0.4, -0.2) is 34.4 Å². The number of aromatic nitrogens is 2. The Hall–Kier alpha value is -1.66. The van der Waals surface area contributed by atoms with Crippen molar-refractivity contribution in [2.45, 2.75) is 13.5 Å². The Balaban J connectivity index is 1.88. The molecule has 0 radical (unpaired) electrons. The summed E-state index contributed by atoms with van der Waals surface area (Å²) in [6.45, 7) is 2.95. The van der Waals surface area contributed by atoms with Crippen LogP contribution >= 0.6 is 15.9 Å². The second-order valence-corrected chi connectivity index (χ2v) is 5.67. The van der Waals surface area contributed by atoms with Crippen molar-refractivity contribution in [2.75, 3.05) is 18.9 Å². The number of hydrogen-bond donors (Lipinski definition) is 2. The molecule has 0 fully saturated rings. The average Bonchev–Trinajstić information content (AvgIpc) is 2.85. The predicted octanol–water partition coefficient (Wildman–Crippen LogP) is 2.55. The summed E-state index contributed by atoms with van der Waals surface area (Å²) in [5.74, 6) is -0.0302. The van der Waals surface area contributed by atoms with Gasteiger partial charge in [-0.3, -0.25) is 9.69 Å². The molecule has 5 nitrogen and oxygen atoms in total. The van der Waals surface area contributed by atoms with E-state index in [1.807, 2.05) is 37.1 Å². The predicted molar refractivity (Wildman–Crippen MR) is 82.4 cm³/mol. The molecule has 0 aliphatic rings. The number of carbonyl (C=O) groups excluding carboxylic acids is 1. The number of nitrogens with zero attached hydrogens (tertiary/aromatic N) is 2. The Bertz CT molecular complexity index is 583. The second kappa shape index (κ2) is 6.67. The zero-order valence-electron chi connectivity index (χ0n) is 11.5. The number of carbonyl (C=O) groups is 1. The van der Waals surface area contributed by atoms with Gasteiger partial charge in [-0.25, -0.2) is 4.98 Å². The van der Waals surface area contributed by atoms with Crippen LogP contribution in [0.15, 0.2) is 35.2 Å². The minimum atomic E-state index is -0.0302. The summed E-state index contributed by atoms with van der Waals surface area (Å²) in [7, 11) is 1.90. The van der Waals surface area contributed by atoms with Crippen molar-refractivity contribution >= 4 is 27.5 Å². The van der Waals surface area contributed by atoms with Crippen molar-refractivity contribution in [3.63, 3.8) is 0 Å². The average molecular weight is 337 g/mol. The Morgan fingerprint density at radius 3 is 2.95 bits per heavy atom. The molecule has 2 N–H and O–H groups in total. The first kappa shape index (κ1) is 14.7. The molecule has 6 heteroatoms. The van der Waals surface area contributed by atoms with Crippen LogP contribution in [0, 0.1) is 6.92 Å². The van der Waals surface area contributed by atoms with Crippen molar-refractivity contribution in [3.8, 4) is 0 Å². The number of amides is 1. The van der Waals surface area contributed by atoms with Gasteiger partial charge in [-0.1, -0.05) is 15.9 Å². The second-order valence-electron chi connectivity index (χ2n) is 4.76. The number of imidazole rings is 1.